The van der Waals surface area contributed by atoms with Gasteiger partial charge in [-0.25, -0.2) is 0 Å². The lowest BCUT2D eigenvalue weighted by molar-refractivity contribution is 2.25. The maximum atomic E-state index is 4.99. The van der Waals surface area contributed by atoms with E-state index < -0.39 is 0 Å². The van der Waals surface area contributed by atoms with Crippen LogP contribution in [0.5, 0.6) is 0 Å². The van der Waals surface area contributed by atoms with Gasteiger partial charge >= 0.3 is 0 Å². The molecule has 0 aromatic heterocycles. The number of hydrogen-bond donors (Lipinski definition) is 0. The first-order valence-corrected chi connectivity index (χ1v) is 2.52. The number of hydrogen-bond acceptors (Lipinski definition) is 0. The Morgan fingerprint density at radius 3 is 0.667 bits per heavy atom. The van der Waals surface area contributed by atoms with Crippen LogP contribution in [0.25, 0.3) is 0 Å². The first-order chi connectivity index (χ1) is 2.64. The van der Waals surface area contributed by atoms with Gasteiger partial charge in [-0.15, -0.1) is 37.2 Å². The highest BCUT2D eigenvalue weighted by Gasteiger charge is 1.88. The van der Waals surface area contributed by atoms with Gasteiger partial charge in [0.15, 0.2) is 0 Å². The second-order valence-electron chi connectivity index (χ2n) is 0.521. The van der Waals surface area contributed by atoms with Crippen molar-refractivity contribution in [2.24, 2.45) is 0 Å². The van der Waals surface area contributed by atoms with Crippen LogP contribution < -0.4 is 0 Å². The molecule has 0 aromatic rings. The minimum absolute atomic E-state index is 0. The van der Waals surface area contributed by atoms with Crippen molar-refractivity contribution in [2.45, 2.75) is 0 Å². The normalized spacial score (nSPS) is 5.33. The zero-order valence-electron chi connectivity index (χ0n) is 3.74. The molecule has 7 heteroatoms. The molecule has 0 heterocycles. The number of rotatable bonds is 0. The van der Waals surface area contributed by atoms with Crippen LogP contribution in [0.2, 0.25) is 0 Å². The van der Waals surface area contributed by atoms with Gasteiger partial charge in [0.2, 0.25) is 0 Å². The third-order valence-electron chi connectivity index (χ3n) is 0.143. The fourth-order valence-electron chi connectivity index (χ4n) is 0. The summed E-state index contributed by atoms with van der Waals surface area (Å²) in [5.41, 5.74) is 0. The van der Waals surface area contributed by atoms with Crippen LogP contribution in [0.3, 0.4) is 0 Å². The van der Waals surface area contributed by atoms with E-state index in [2.05, 4.69) is 0 Å². The van der Waals surface area contributed by atoms with Gasteiger partial charge in [0.25, 0.3) is 0 Å². The van der Waals surface area contributed by atoms with Gasteiger partial charge in [0.1, 0.15) is 8.98 Å². The van der Waals surface area contributed by atoms with E-state index in [9.17, 15) is 0 Å². The van der Waals surface area contributed by atoms with Gasteiger partial charge in [-0.3, -0.25) is 0 Å². The topological polar surface area (TPSA) is 0 Å². The first-order valence-electron chi connectivity index (χ1n) is 1.01. The molecule has 0 spiro atoms. The molecule has 0 rings (SSSR count). The van der Waals surface area contributed by atoms with Crippen LogP contribution >= 0.6 is 83.6 Å². The smallest absolute Gasteiger partial charge is 0.136 e. The molecular weight excluding hydrogens is 272 g/mol. The summed E-state index contributed by atoms with van der Waals surface area (Å²) in [6.07, 6.45) is 0. The quantitative estimate of drug-likeness (QED) is 0.617. The Morgan fingerprint density at radius 1 is 0.556 bits per heavy atom. The Balaban J connectivity index is -0.0000000417. The van der Waals surface area contributed by atoms with Crippen molar-refractivity contribution >= 4 is 83.6 Å². The lowest BCUT2D eigenvalue weighted by Gasteiger charge is -1.75. The molecule has 0 N–H and O–H groups in total. The zero-order chi connectivity index (χ0) is 5.15. The first kappa shape index (κ1) is 22.4. The van der Waals surface area contributed by atoms with Crippen LogP contribution in [0.15, 0.2) is 8.98 Å². The second kappa shape index (κ2) is 12.4. The van der Waals surface area contributed by atoms with E-state index in [1.807, 2.05) is 0 Å². The van der Waals surface area contributed by atoms with Crippen molar-refractivity contribution in [1.29, 1.82) is 0 Å². The summed E-state index contributed by atoms with van der Waals surface area (Å²) < 4.78 is -0.198. The maximum Gasteiger partial charge on any atom is 0.136 e. The van der Waals surface area contributed by atoms with Crippen LogP contribution in [0.1, 0.15) is 0 Å². The van der Waals surface area contributed by atoms with Crippen molar-refractivity contribution < 1.29 is 0 Å². The molecule has 0 amide bonds. The predicted molar refractivity (Wildman–Crippen MR) is 52.2 cm³/mol. The average Bonchev–Trinajstić information content (AvgIpc) is 1.36. The van der Waals surface area contributed by atoms with E-state index in [0.29, 0.717) is 0 Å². The van der Waals surface area contributed by atoms with Gasteiger partial charge in [0.05, 0.1) is 0 Å². The summed E-state index contributed by atoms with van der Waals surface area (Å²) in [7, 11) is 0. The van der Waals surface area contributed by atoms with Gasteiger partial charge in [-0.05, 0) is 0 Å². The summed E-state index contributed by atoms with van der Waals surface area (Å²) in [5, 5.41) is 0. The largest absolute Gasteiger partial charge is 0.147 e. The van der Waals surface area contributed by atoms with Crippen molar-refractivity contribution in [2.75, 3.05) is 0 Å². The van der Waals surface area contributed by atoms with Gasteiger partial charge in [-0.2, -0.15) is 0 Å². The van der Waals surface area contributed by atoms with Crippen molar-refractivity contribution in [1.82, 2.24) is 0 Å². The highest BCUT2D eigenvalue weighted by Crippen LogP contribution is 2.20. The van der Waals surface area contributed by atoms with Crippen molar-refractivity contribution in [3.05, 3.63) is 8.98 Å². The molecule has 0 aliphatic heterocycles. The van der Waals surface area contributed by atoms with Gasteiger partial charge < -0.3 is 0 Å². The van der Waals surface area contributed by atoms with Crippen molar-refractivity contribution in [3.63, 3.8) is 0 Å². The van der Waals surface area contributed by atoms with Gasteiger partial charge in [-0.1, -0.05) is 46.4 Å². The molecule has 0 saturated heterocycles. The van der Waals surface area contributed by atoms with E-state index >= 15 is 0 Å². The summed E-state index contributed by atoms with van der Waals surface area (Å²) in [6, 6.07) is 0. The Kier molecular flexibility index (Phi) is 31.0. The molecule has 9 heavy (non-hydrogen) atoms. The lowest BCUT2D eigenvalue weighted by atomic mass is 11.2. The van der Waals surface area contributed by atoms with Crippen molar-refractivity contribution in [3.8, 4) is 0 Å². The van der Waals surface area contributed by atoms with E-state index in [1.54, 1.807) is 0 Å². The lowest BCUT2D eigenvalue weighted by Crippen LogP contribution is -1.47. The minimum Gasteiger partial charge on any atom is -0.147 e. The fourth-order valence-corrected chi connectivity index (χ4v) is 0. The summed E-state index contributed by atoms with van der Waals surface area (Å²) in [5.74, 6) is 0. The molecule has 0 nitrogen and oxygen atoms in total. The third kappa shape index (κ3) is 17.7. The second-order valence-corrected chi connectivity index (χ2v) is 2.42. The minimum atomic E-state index is -0.0988. The van der Waals surface area contributed by atoms with Crippen LogP contribution in [-0.2, 0) is 0 Å². The molecular formula is C2H3Cl7. The maximum absolute atomic E-state index is 4.99. The third-order valence-corrected chi connectivity index (χ3v) is 1.29. The molecule has 0 aliphatic carbocycles. The van der Waals surface area contributed by atoms with Crippen LogP contribution in [0, 0.1) is 0 Å². The van der Waals surface area contributed by atoms with Crippen LogP contribution in [-0.4, -0.2) is 0 Å². The Hall–Kier alpha value is 1.77. The van der Waals surface area contributed by atoms with E-state index in [0.717, 1.165) is 0 Å². The predicted octanol–water partition coefficient (Wildman–Crippen LogP) is 4.33. The molecule has 0 unspecified atom stereocenters. The monoisotopic (exact) mass is 272 g/mol. The summed E-state index contributed by atoms with van der Waals surface area (Å²) in [4.78, 5) is 0. The highest BCUT2D eigenvalue weighted by atomic mass is 35.5. The Bertz CT molecular complexity index is 57.0. The zero-order valence-corrected chi connectivity index (χ0v) is 9.21. The van der Waals surface area contributed by atoms with E-state index in [-0.39, 0.29) is 46.2 Å². The summed E-state index contributed by atoms with van der Waals surface area (Å²) in [6.45, 7) is 0. The standard InChI is InChI=1S/C2Cl4.3ClH/c3-1(4)2(5)6;;;/h;3*1H. The average molecular weight is 275 g/mol. The molecule has 0 saturated carbocycles. The molecule has 0 fully saturated rings. The molecule has 0 atom stereocenters. The molecule has 0 aromatic carbocycles. The number of halogens is 7. The van der Waals surface area contributed by atoms with Gasteiger partial charge in [0, 0.05) is 0 Å². The molecule has 0 radical (unpaired) electrons. The highest BCUT2D eigenvalue weighted by molar-refractivity contribution is 6.67. The van der Waals surface area contributed by atoms with Crippen LogP contribution in [0.4, 0.5) is 0 Å². The molecule has 0 aliphatic rings. The molecule has 0 bridgehead atoms. The summed E-state index contributed by atoms with van der Waals surface area (Å²) >= 11 is 20.0. The van der Waals surface area contributed by atoms with E-state index in [4.69, 9.17) is 46.4 Å². The SMILES string of the molecule is Cl.Cl.Cl.ClC(Cl)=C(Cl)Cl. The Labute approximate surface area is 92.1 Å². The Morgan fingerprint density at radius 2 is 0.667 bits per heavy atom. The fraction of sp³-hybridized carbons (Fsp3) is 0. The van der Waals surface area contributed by atoms with E-state index in [1.165, 1.54) is 0 Å². The molecule has 60 valence electrons.